The Morgan fingerprint density at radius 1 is 0.913 bits per heavy atom. The lowest BCUT2D eigenvalue weighted by Crippen LogP contribution is -2.47. The van der Waals surface area contributed by atoms with E-state index >= 15 is 0 Å². The number of amides is 2. The SMILES string of the molecule is CC(=O)N(Cc1cc(C(F)(F)F)cc(C(F)(F)F)c1)CC(Cc1c[nH]c2ccccc12)NC(=O)COc1cccc2ncccc12. The largest absolute Gasteiger partial charge is 0.483 e. The fourth-order valence-electron chi connectivity index (χ4n) is 5.24. The van der Waals surface area contributed by atoms with Gasteiger partial charge in [-0.1, -0.05) is 24.3 Å². The van der Waals surface area contributed by atoms with E-state index in [4.69, 9.17) is 4.74 Å². The van der Waals surface area contributed by atoms with Crippen LogP contribution in [-0.4, -0.2) is 45.9 Å². The van der Waals surface area contributed by atoms with E-state index in [1.807, 2.05) is 24.3 Å². The van der Waals surface area contributed by atoms with E-state index < -0.39 is 54.5 Å². The number of rotatable bonds is 10. The number of hydrogen-bond donors (Lipinski definition) is 2. The van der Waals surface area contributed by atoms with Gasteiger partial charge < -0.3 is 19.9 Å². The van der Waals surface area contributed by atoms with E-state index in [2.05, 4.69) is 15.3 Å². The van der Waals surface area contributed by atoms with Crippen molar-refractivity contribution in [2.45, 2.75) is 38.3 Å². The number of hydrogen-bond acceptors (Lipinski definition) is 4. The van der Waals surface area contributed by atoms with Gasteiger partial charge in [0.1, 0.15) is 5.75 Å². The molecule has 7 nitrogen and oxygen atoms in total. The van der Waals surface area contributed by atoms with Crippen LogP contribution in [0.15, 0.2) is 85.2 Å². The number of fused-ring (bicyclic) bond motifs is 2. The zero-order valence-electron chi connectivity index (χ0n) is 24.4. The molecule has 2 N–H and O–H groups in total. The van der Waals surface area contributed by atoms with Crippen molar-refractivity contribution < 1.29 is 40.7 Å². The highest BCUT2D eigenvalue weighted by Gasteiger charge is 2.37. The number of pyridine rings is 1. The quantitative estimate of drug-likeness (QED) is 0.162. The van der Waals surface area contributed by atoms with Crippen molar-refractivity contribution in [3.63, 3.8) is 0 Å². The average Bonchev–Trinajstić information content (AvgIpc) is 3.41. The molecule has 0 fully saturated rings. The maximum Gasteiger partial charge on any atom is 0.416 e. The first kappa shape index (κ1) is 32.3. The predicted molar refractivity (Wildman–Crippen MR) is 159 cm³/mol. The number of alkyl halides is 6. The van der Waals surface area contributed by atoms with Crippen LogP contribution < -0.4 is 10.1 Å². The summed E-state index contributed by atoms with van der Waals surface area (Å²) in [7, 11) is 0. The first-order chi connectivity index (χ1) is 21.8. The molecular weight excluding hydrogens is 614 g/mol. The summed E-state index contributed by atoms with van der Waals surface area (Å²) in [4.78, 5) is 34.4. The predicted octanol–water partition coefficient (Wildman–Crippen LogP) is 6.91. The minimum atomic E-state index is -5.04. The standard InChI is InChI=1S/C33H28F6N4O3/c1-20(44)43(17-21-12-23(32(34,35)36)15-24(13-21)33(37,38)39)18-25(14-22-16-41-28-8-3-2-6-26(22)28)42-31(45)19-46-30-10-4-9-29-27(30)7-5-11-40-29/h2-13,15-16,25,41H,14,17-19H2,1H3,(H,42,45). The number of H-pyrrole nitrogens is 1. The lowest BCUT2D eigenvalue weighted by molar-refractivity contribution is -0.143. The van der Waals surface area contributed by atoms with Gasteiger partial charge in [0.15, 0.2) is 6.61 Å². The minimum absolute atomic E-state index is 0.0354. The second-order valence-electron chi connectivity index (χ2n) is 10.8. The van der Waals surface area contributed by atoms with E-state index in [-0.39, 0.29) is 24.6 Å². The number of halogens is 6. The molecule has 0 radical (unpaired) electrons. The van der Waals surface area contributed by atoms with Crippen molar-refractivity contribution in [2.75, 3.05) is 13.2 Å². The van der Waals surface area contributed by atoms with E-state index in [0.29, 0.717) is 28.8 Å². The lowest BCUT2D eigenvalue weighted by Gasteiger charge is -2.28. The minimum Gasteiger partial charge on any atom is -0.483 e. The zero-order chi connectivity index (χ0) is 33.1. The molecule has 0 aliphatic carbocycles. The van der Waals surface area contributed by atoms with E-state index in [9.17, 15) is 35.9 Å². The molecular formula is C33H28F6N4O3. The van der Waals surface area contributed by atoms with Gasteiger partial charge in [0, 0.05) is 48.7 Å². The van der Waals surface area contributed by atoms with Crippen LogP contribution in [0.25, 0.3) is 21.8 Å². The fraction of sp³-hybridized carbons (Fsp3) is 0.242. The van der Waals surface area contributed by atoms with Gasteiger partial charge in [-0.15, -0.1) is 0 Å². The van der Waals surface area contributed by atoms with Crippen molar-refractivity contribution >= 4 is 33.6 Å². The average molecular weight is 643 g/mol. The number of nitrogens with zero attached hydrogens (tertiary/aromatic N) is 2. The van der Waals surface area contributed by atoms with Crippen molar-refractivity contribution in [1.29, 1.82) is 0 Å². The Morgan fingerprint density at radius 3 is 2.30 bits per heavy atom. The van der Waals surface area contributed by atoms with Crippen LogP contribution in [0.3, 0.4) is 0 Å². The van der Waals surface area contributed by atoms with Crippen molar-refractivity contribution in [1.82, 2.24) is 20.2 Å². The molecule has 2 aromatic heterocycles. The smallest absolute Gasteiger partial charge is 0.416 e. The number of aromatic amines is 1. The number of para-hydroxylation sites is 1. The Kier molecular flexibility index (Phi) is 9.22. The van der Waals surface area contributed by atoms with Gasteiger partial charge in [-0.3, -0.25) is 14.6 Å². The summed E-state index contributed by atoms with van der Waals surface area (Å²) in [6, 6.07) is 16.5. The van der Waals surface area contributed by atoms with Crippen LogP contribution in [-0.2, 0) is 34.9 Å². The van der Waals surface area contributed by atoms with Gasteiger partial charge in [-0.05, 0) is 66.1 Å². The summed E-state index contributed by atoms with van der Waals surface area (Å²) in [5.74, 6) is -0.736. The molecule has 5 rings (SSSR count). The zero-order valence-corrected chi connectivity index (χ0v) is 24.4. The molecule has 0 saturated carbocycles. The molecule has 5 aromatic rings. The maximum absolute atomic E-state index is 13.5. The second-order valence-corrected chi connectivity index (χ2v) is 10.8. The topological polar surface area (TPSA) is 87.3 Å². The number of carbonyl (C=O) groups is 2. The highest BCUT2D eigenvalue weighted by molar-refractivity contribution is 5.86. The number of nitrogens with one attached hydrogen (secondary N) is 2. The maximum atomic E-state index is 13.5. The second kappa shape index (κ2) is 13.1. The molecule has 0 spiro atoms. The summed E-state index contributed by atoms with van der Waals surface area (Å²) in [6.07, 6.45) is -6.53. The molecule has 1 unspecified atom stereocenters. The summed E-state index contributed by atoms with van der Waals surface area (Å²) >= 11 is 0. The van der Waals surface area contributed by atoms with E-state index in [1.165, 1.54) is 0 Å². The van der Waals surface area contributed by atoms with Crippen LogP contribution in [0.4, 0.5) is 26.3 Å². The Labute approximate surface area is 259 Å². The Balaban J connectivity index is 1.39. The van der Waals surface area contributed by atoms with Crippen LogP contribution in [0.1, 0.15) is 29.2 Å². The lowest BCUT2D eigenvalue weighted by atomic mass is 10.0. The van der Waals surface area contributed by atoms with Gasteiger partial charge in [-0.25, -0.2) is 0 Å². The first-order valence-corrected chi connectivity index (χ1v) is 14.1. The normalized spacial score (nSPS) is 12.7. The van der Waals surface area contributed by atoms with Crippen LogP contribution in [0.2, 0.25) is 0 Å². The van der Waals surface area contributed by atoms with Crippen LogP contribution >= 0.6 is 0 Å². The van der Waals surface area contributed by atoms with Gasteiger partial charge in [0.05, 0.1) is 22.7 Å². The highest BCUT2D eigenvalue weighted by Crippen LogP contribution is 2.36. The number of aromatic nitrogens is 2. The summed E-state index contributed by atoms with van der Waals surface area (Å²) in [6.45, 7) is -0.0139. The van der Waals surface area contributed by atoms with Crippen molar-refractivity contribution in [3.8, 4) is 5.75 Å². The Morgan fingerprint density at radius 2 is 1.61 bits per heavy atom. The van der Waals surface area contributed by atoms with Crippen LogP contribution in [0, 0.1) is 0 Å². The molecule has 240 valence electrons. The highest BCUT2D eigenvalue weighted by atomic mass is 19.4. The number of ether oxygens (including phenoxy) is 1. The molecule has 2 heterocycles. The molecule has 0 aliphatic heterocycles. The van der Waals surface area contributed by atoms with Crippen molar-refractivity contribution in [3.05, 3.63) is 107 Å². The summed E-state index contributed by atoms with van der Waals surface area (Å²) < 4.78 is 86.7. The van der Waals surface area contributed by atoms with Crippen LogP contribution in [0.5, 0.6) is 5.75 Å². The Bertz CT molecular complexity index is 1830. The molecule has 0 bridgehead atoms. The molecule has 0 saturated heterocycles. The third-order valence-corrected chi connectivity index (χ3v) is 7.38. The van der Waals surface area contributed by atoms with Crippen molar-refractivity contribution in [2.24, 2.45) is 0 Å². The van der Waals surface area contributed by atoms with Gasteiger partial charge in [0.2, 0.25) is 5.91 Å². The third-order valence-electron chi connectivity index (χ3n) is 7.38. The molecule has 1 atom stereocenters. The number of carbonyl (C=O) groups excluding carboxylic acids is 2. The summed E-state index contributed by atoms with van der Waals surface area (Å²) in [5, 5.41) is 4.37. The van der Waals surface area contributed by atoms with E-state index in [1.54, 1.807) is 42.7 Å². The molecule has 3 aromatic carbocycles. The molecule has 0 aliphatic rings. The fourth-order valence-corrected chi connectivity index (χ4v) is 5.24. The van der Waals surface area contributed by atoms with Gasteiger partial charge >= 0.3 is 12.4 Å². The van der Waals surface area contributed by atoms with Gasteiger partial charge in [-0.2, -0.15) is 26.3 Å². The van der Waals surface area contributed by atoms with Gasteiger partial charge in [0.25, 0.3) is 5.91 Å². The molecule has 13 heteroatoms. The molecule has 46 heavy (non-hydrogen) atoms. The monoisotopic (exact) mass is 642 g/mol. The van der Waals surface area contributed by atoms with E-state index in [0.717, 1.165) is 28.3 Å². The third kappa shape index (κ3) is 7.76. The first-order valence-electron chi connectivity index (χ1n) is 14.1. The summed E-state index contributed by atoms with van der Waals surface area (Å²) in [5.41, 5.74) is -1.05. The number of benzene rings is 3. The Hall–Kier alpha value is -5.07. The molecule has 2 amide bonds.